The van der Waals surface area contributed by atoms with Gasteiger partial charge < -0.3 is 10.2 Å². The van der Waals surface area contributed by atoms with E-state index in [1.807, 2.05) is 0 Å². The molecule has 0 saturated carbocycles. The van der Waals surface area contributed by atoms with Gasteiger partial charge in [0.1, 0.15) is 4.21 Å². The minimum atomic E-state index is -3.73. The Bertz CT molecular complexity index is 1210. The highest BCUT2D eigenvalue weighted by Crippen LogP contribution is 2.29. The predicted octanol–water partition coefficient (Wildman–Crippen LogP) is 3.86. The average Bonchev–Trinajstić information content (AvgIpc) is 3.36. The molecule has 2 aliphatic heterocycles. The third kappa shape index (κ3) is 5.82. The highest BCUT2D eigenvalue weighted by molar-refractivity contribution is 7.91. The molecule has 2 saturated heterocycles. The van der Waals surface area contributed by atoms with E-state index in [9.17, 15) is 22.8 Å². The van der Waals surface area contributed by atoms with Gasteiger partial charge in [-0.1, -0.05) is 19.1 Å². The van der Waals surface area contributed by atoms with Gasteiger partial charge in [-0.25, -0.2) is 8.42 Å². The van der Waals surface area contributed by atoms with Crippen LogP contribution in [0.5, 0.6) is 0 Å². The molecule has 0 atom stereocenters. The minimum absolute atomic E-state index is 0.0800. The summed E-state index contributed by atoms with van der Waals surface area (Å²) < 4.78 is 27.9. The van der Waals surface area contributed by atoms with Crippen LogP contribution < -0.4 is 5.32 Å². The number of piperidine rings is 2. The van der Waals surface area contributed by atoms with Crippen molar-refractivity contribution in [3.05, 3.63) is 46.8 Å². The molecule has 0 spiro atoms. The fourth-order valence-corrected chi connectivity index (χ4v) is 7.28. The quantitative estimate of drug-likeness (QED) is 0.586. The largest absolute Gasteiger partial charge is 0.339 e. The number of sulfonamides is 1. The summed E-state index contributed by atoms with van der Waals surface area (Å²) in [4.78, 5) is 38.9. The van der Waals surface area contributed by atoms with E-state index >= 15 is 0 Å². The molecule has 2 amide bonds. The average molecular weight is 518 g/mol. The van der Waals surface area contributed by atoms with E-state index in [1.54, 1.807) is 34.5 Å². The highest BCUT2D eigenvalue weighted by Gasteiger charge is 2.34. The van der Waals surface area contributed by atoms with Gasteiger partial charge in [-0.3, -0.25) is 14.4 Å². The maximum absolute atomic E-state index is 13.2. The fourth-order valence-electron chi connectivity index (χ4n) is 4.50. The molecule has 8 nitrogen and oxygen atoms in total. The third-order valence-corrected chi connectivity index (χ3v) is 10.2. The van der Waals surface area contributed by atoms with Gasteiger partial charge in [-0.15, -0.1) is 11.3 Å². The summed E-state index contributed by atoms with van der Waals surface area (Å²) >= 11 is 1.07. The summed E-state index contributed by atoms with van der Waals surface area (Å²) in [6.07, 6.45) is 2.73. The van der Waals surface area contributed by atoms with E-state index in [0.717, 1.165) is 24.2 Å². The first-order chi connectivity index (χ1) is 16.6. The zero-order chi connectivity index (χ0) is 25.2. The Kier molecular flexibility index (Phi) is 7.73. The molecule has 10 heteroatoms. The van der Waals surface area contributed by atoms with Crippen LogP contribution in [0.15, 0.2) is 39.9 Å². The first kappa shape index (κ1) is 25.5. The van der Waals surface area contributed by atoms with Crippen LogP contribution in [0.4, 0.5) is 5.69 Å². The van der Waals surface area contributed by atoms with Crippen LogP contribution in [0.3, 0.4) is 0 Å². The minimum Gasteiger partial charge on any atom is -0.339 e. The molecule has 0 bridgehead atoms. The highest BCUT2D eigenvalue weighted by atomic mass is 32.2. The lowest BCUT2D eigenvalue weighted by Gasteiger charge is -2.30. The van der Waals surface area contributed by atoms with Crippen LogP contribution in [-0.2, 0) is 14.8 Å². The number of hydrogen-bond acceptors (Lipinski definition) is 6. The van der Waals surface area contributed by atoms with Crippen molar-refractivity contribution in [3.63, 3.8) is 0 Å². The molecule has 2 fully saturated rings. The number of nitrogens with one attached hydrogen (secondary N) is 1. The number of Topliss-reactive ketones (excluding diaryl/α,β-unsaturated/α-hetero) is 1. The van der Waals surface area contributed by atoms with Crippen LogP contribution in [-0.4, -0.2) is 61.4 Å². The van der Waals surface area contributed by atoms with Crippen LogP contribution in [0.2, 0.25) is 0 Å². The molecule has 3 heterocycles. The van der Waals surface area contributed by atoms with E-state index in [4.69, 9.17) is 0 Å². The lowest BCUT2D eigenvalue weighted by molar-refractivity contribution is -0.120. The molecule has 0 unspecified atom stereocenters. The molecule has 2 aromatic rings. The number of thiophene rings is 1. The van der Waals surface area contributed by atoms with E-state index in [0.29, 0.717) is 48.7 Å². The van der Waals surface area contributed by atoms with Crippen molar-refractivity contribution < 1.29 is 22.8 Å². The normalized spacial score (nSPS) is 18.4. The summed E-state index contributed by atoms with van der Waals surface area (Å²) in [5.41, 5.74) is 1.49. The van der Waals surface area contributed by atoms with Crippen molar-refractivity contribution in [2.45, 2.75) is 43.7 Å². The SMILES string of the molecule is CC(=O)c1cccc(NC(=O)C2CCN(S(=O)(=O)c3cc(C(=O)N4CCC(C)CC4)cs3)CC2)c1. The number of anilines is 1. The van der Waals surface area contributed by atoms with E-state index < -0.39 is 10.0 Å². The second-order valence-electron chi connectivity index (χ2n) is 9.43. The maximum Gasteiger partial charge on any atom is 0.254 e. The number of ketones is 1. The Labute approximate surface area is 210 Å². The summed E-state index contributed by atoms with van der Waals surface area (Å²) in [5.74, 6) is -0.0809. The lowest BCUT2D eigenvalue weighted by Crippen LogP contribution is -2.41. The van der Waals surface area contributed by atoms with E-state index in [1.165, 1.54) is 17.3 Å². The zero-order valence-electron chi connectivity index (χ0n) is 20.0. The standard InChI is InChI=1S/C25H31N3O5S2/c1-17-6-10-27(11-7-17)25(31)21-15-23(34-16-21)35(32,33)28-12-8-19(9-13-28)24(30)26-22-5-3-4-20(14-22)18(2)29/h3-5,14-17,19H,6-13H2,1-2H3,(H,26,30). The Morgan fingerprint density at radius 2 is 1.66 bits per heavy atom. The van der Waals surface area contributed by atoms with Gasteiger partial charge in [0.25, 0.3) is 15.9 Å². The van der Waals surface area contributed by atoms with Crippen molar-refractivity contribution >= 4 is 44.6 Å². The van der Waals surface area contributed by atoms with Crippen LogP contribution in [0, 0.1) is 11.8 Å². The number of rotatable bonds is 6. The van der Waals surface area contributed by atoms with Gasteiger partial charge in [-0.2, -0.15) is 4.31 Å². The van der Waals surface area contributed by atoms with E-state index in [2.05, 4.69) is 12.2 Å². The fraction of sp³-hybridized carbons (Fsp3) is 0.480. The van der Waals surface area contributed by atoms with Crippen molar-refractivity contribution in [1.29, 1.82) is 0 Å². The number of likely N-dealkylation sites (tertiary alicyclic amines) is 1. The topological polar surface area (TPSA) is 104 Å². The molecule has 0 aliphatic carbocycles. The Morgan fingerprint density at radius 1 is 0.971 bits per heavy atom. The smallest absolute Gasteiger partial charge is 0.254 e. The number of nitrogens with zero attached hydrogens (tertiary/aromatic N) is 2. The molecule has 1 N–H and O–H groups in total. The Hall–Kier alpha value is -2.56. The van der Waals surface area contributed by atoms with Gasteiger partial charge in [0, 0.05) is 48.7 Å². The molecule has 0 radical (unpaired) electrons. The molecular formula is C25H31N3O5S2. The number of carbonyl (C=O) groups excluding carboxylic acids is 3. The Morgan fingerprint density at radius 3 is 2.31 bits per heavy atom. The first-order valence-corrected chi connectivity index (χ1v) is 14.3. The molecule has 1 aromatic carbocycles. The third-order valence-electron chi connectivity index (χ3n) is 6.85. The number of amides is 2. The van der Waals surface area contributed by atoms with Crippen molar-refractivity contribution in [3.8, 4) is 0 Å². The summed E-state index contributed by atoms with van der Waals surface area (Å²) in [6, 6.07) is 8.26. The van der Waals surface area contributed by atoms with E-state index in [-0.39, 0.29) is 40.8 Å². The molecule has 35 heavy (non-hydrogen) atoms. The maximum atomic E-state index is 13.2. The molecule has 1 aromatic heterocycles. The van der Waals surface area contributed by atoms with Gasteiger partial charge in [-0.05, 0) is 56.7 Å². The van der Waals surface area contributed by atoms with Crippen molar-refractivity contribution in [2.24, 2.45) is 11.8 Å². The summed E-state index contributed by atoms with van der Waals surface area (Å²) in [7, 11) is -3.73. The van der Waals surface area contributed by atoms with Gasteiger partial charge in [0.2, 0.25) is 5.91 Å². The number of carbonyl (C=O) groups is 3. The lowest BCUT2D eigenvalue weighted by atomic mass is 9.97. The van der Waals surface area contributed by atoms with Crippen LogP contribution >= 0.6 is 11.3 Å². The second-order valence-corrected chi connectivity index (χ2v) is 12.5. The molecule has 4 rings (SSSR count). The van der Waals surface area contributed by atoms with Crippen molar-refractivity contribution in [1.82, 2.24) is 9.21 Å². The van der Waals surface area contributed by atoms with Crippen LogP contribution in [0.1, 0.15) is 60.2 Å². The monoisotopic (exact) mass is 517 g/mol. The summed E-state index contributed by atoms with van der Waals surface area (Å²) in [5, 5.41) is 4.47. The number of hydrogen-bond donors (Lipinski definition) is 1. The molecular weight excluding hydrogens is 486 g/mol. The first-order valence-electron chi connectivity index (χ1n) is 11.9. The zero-order valence-corrected chi connectivity index (χ0v) is 21.7. The molecule has 188 valence electrons. The Balaban J connectivity index is 1.35. The van der Waals surface area contributed by atoms with Gasteiger partial charge in [0.05, 0.1) is 5.56 Å². The summed E-state index contributed by atoms with van der Waals surface area (Å²) in [6.45, 7) is 5.52. The molecule has 2 aliphatic rings. The second kappa shape index (κ2) is 10.6. The van der Waals surface area contributed by atoms with Gasteiger partial charge >= 0.3 is 0 Å². The predicted molar refractivity (Wildman–Crippen MR) is 135 cm³/mol. The van der Waals surface area contributed by atoms with Crippen LogP contribution in [0.25, 0.3) is 0 Å². The van der Waals surface area contributed by atoms with Gasteiger partial charge in [0.15, 0.2) is 5.78 Å². The van der Waals surface area contributed by atoms with Crippen molar-refractivity contribution in [2.75, 3.05) is 31.5 Å². The number of benzene rings is 1.